The van der Waals surface area contributed by atoms with Gasteiger partial charge in [-0.1, -0.05) is 50.2 Å². The summed E-state index contributed by atoms with van der Waals surface area (Å²) < 4.78 is 5.46. The number of aliphatic hydroxyl groups excluding tert-OH is 2. The van der Waals surface area contributed by atoms with E-state index in [4.69, 9.17) is 9.57 Å². The summed E-state index contributed by atoms with van der Waals surface area (Å²) in [4.78, 5) is 17.3. The molecule has 0 heterocycles. The summed E-state index contributed by atoms with van der Waals surface area (Å²) >= 11 is 0. The highest BCUT2D eigenvalue weighted by atomic mass is 16.6. The number of methoxy groups -OCH3 is 1. The third-order valence-electron chi connectivity index (χ3n) is 4.75. The number of allylic oxidation sites excluding steroid dienone is 1. The zero-order chi connectivity index (χ0) is 21.6. The Morgan fingerprint density at radius 1 is 1.31 bits per heavy atom. The van der Waals surface area contributed by atoms with E-state index in [0.717, 1.165) is 12.0 Å². The molecule has 0 fully saturated rings. The zero-order valence-corrected chi connectivity index (χ0v) is 17.8. The number of hydrogen-bond donors (Lipinski definition) is 3. The molecule has 0 aliphatic heterocycles. The second-order valence-electron chi connectivity index (χ2n) is 8.37. The Labute approximate surface area is 172 Å². The summed E-state index contributed by atoms with van der Waals surface area (Å²) in [5.41, 5.74) is 3.23. The zero-order valence-electron chi connectivity index (χ0n) is 17.8. The minimum atomic E-state index is -1.26. The molecule has 0 bridgehead atoms. The van der Waals surface area contributed by atoms with Gasteiger partial charge < -0.3 is 25.1 Å². The number of oxime groups is 1. The fourth-order valence-electron chi connectivity index (χ4n) is 3.25. The number of amides is 1. The molecule has 0 aromatic heterocycles. The summed E-state index contributed by atoms with van der Waals surface area (Å²) in [6, 6.07) is 6.12. The van der Waals surface area contributed by atoms with Crippen molar-refractivity contribution in [3.63, 3.8) is 0 Å². The van der Waals surface area contributed by atoms with Crippen LogP contribution in [-0.4, -0.2) is 53.9 Å². The van der Waals surface area contributed by atoms with Crippen molar-refractivity contribution in [3.8, 4) is 0 Å². The van der Waals surface area contributed by atoms with E-state index in [1.165, 1.54) is 25.2 Å². The fourth-order valence-corrected chi connectivity index (χ4v) is 3.25. The SMILES string of the molecule is CO[C@H](/C(=N/OCC(=O)NCc1ccc2c(c1)C=CC2)[C@@H](O)[C@@H](C)O)C(C)(C)C. The number of fused-ring (bicyclic) bond motifs is 1. The highest BCUT2D eigenvalue weighted by Gasteiger charge is 2.35. The van der Waals surface area contributed by atoms with E-state index in [1.54, 1.807) is 0 Å². The maximum Gasteiger partial charge on any atom is 0.261 e. The summed E-state index contributed by atoms with van der Waals surface area (Å²) in [6.07, 6.45) is 2.24. The van der Waals surface area contributed by atoms with Crippen LogP contribution in [0.2, 0.25) is 0 Å². The summed E-state index contributed by atoms with van der Waals surface area (Å²) in [6.45, 7) is 7.30. The average Bonchev–Trinajstić information content (AvgIpc) is 3.11. The molecule has 1 aromatic carbocycles. The van der Waals surface area contributed by atoms with Crippen molar-refractivity contribution in [2.24, 2.45) is 10.6 Å². The first-order chi connectivity index (χ1) is 13.6. The minimum Gasteiger partial charge on any atom is -0.390 e. The molecule has 29 heavy (non-hydrogen) atoms. The number of carbonyl (C=O) groups is 1. The van der Waals surface area contributed by atoms with E-state index in [-0.39, 0.29) is 18.2 Å². The summed E-state index contributed by atoms with van der Waals surface area (Å²) in [5, 5.41) is 26.8. The van der Waals surface area contributed by atoms with Crippen LogP contribution >= 0.6 is 0 Å². The molecule has 1 aliphatic carbocycles. The molecule has 0 spiro atoms. The van der Waals surface area contributed by atoms with Gasteiger partial charge in [0.15, 0.2) is 6.61 Å². The Bertz CT molecular complexity index is 765. The van der Waals surface area contributed by atoms with Gasteiger partial charge in [0, 0.05) is 13.7 Å². The van der Waals surface area contributed by atoms with Crippen LogP contribution in [0.4, 0.5) is 0 Å². The van der Waals surface area contributed by atoms with Crippen molar-refractivity contribution in [1.29, 1.82) is 0 Å². The Hall–Kier alpha value is -2.22. The van der Waals surface area contributed by atoms with Crippen LogP contribution < -0.4 is 5.32 Å². The third kappa shape index (κ3) is 6.39. The number of ether oxygens (including phenoxy) is 1. The smallest absolute Gasteiger partial charge is 0.261 e. The standard InChI is InChI=1S/C22H32N2O5/c1-14(25)20(27)19(21(28-5)22(2,3)4)24-29-13-18(26)23-12-15-9-10-16-7-6-8-17(16)11-15/h6,8-11,14,20-21,25,27H,7,12-13H2,1-5H3,(H,23,26)/b24-19+/t14-,20+,21-/m1/s1. The van der Waals surface area contributed by atoms with Gasteiger partial charge in [-0.3, -0.25) is 4.79 Å². The molecular weight excluding hydrogens is 372 g/mol. The van der Waals surface area contributed by atoms with E-state index in [0.29, 0.717) is 6.54 Å². The van der Waals surface area contributed by atoms with Crippen molar-refractivity contribution >= 4 is 17.7 Å². The highest BCUT2D eigenvalue weighted by Crippen LogP contribution is 2.25. The molecule has 0 saturated heterocycles. The van der Waals surface area contributed by atoms with E-state index in [1.807, 2.05) is 26.8 Å². The maximum atomic E-state index is 12.1. The van der Waals surface area contributed by atoms with E-state index in [9.17, 15) is 15.0 Å². The number of nitrogens with zero attached hydrogens (tertiary/aromatic N) is 1. The van der Waals surface area contributed by atoms with E-state index < -0.39 is 23.7 Å². The number of nitrogens with one attached hydrogen (secondary N) is 1. The lowest BCUT2D eigenvalue weighted by atomic mass is 9.83. The van der Waals surface area contributed by atoms with Gasteiger partial charge in [0.2, 0.25) is 0 Å². The predicted octanol–water partition coefficient (Wildman–Crippen LogP) is 2.05. The normalized spacial score (nSPS) is 16.9. The van der Waals surface area contributed by atoms with Gasteiger partial charge in [0.1, 0.15) is 17.9 Å². The van der Waals surface area contributed by atoms with Gasteiger partial charge in [-0.25, -0.2) is 0 Å². The first-order valence-corrected chi connectivity index (χ1v) is 9.77. The summed E-state index contributed by atoms with van der Waals surface area (Å²) in [7, 11) is 1.50. The van der Waals surface area contributed by atoms with Gasteiger partial charge in [0.05, 0.1) is 6.10 Å². The first kappa shape index (κ1) is 23.1. The Morgan fingerprint density at radius 2 is 2.03 bits per heavy atom. The van der Waals surface area contributed by atoms with Gasteiger partial charge in [-0.05, 0) is 41.5 Å². The second-order valence-corrected chi connectivity index (χ2v) is 8.37. The van der Waals surface area contributed by atoms with Crippen LogP contribution in [0.15, 0.2) is 29.4 Å². The number of carbonyl (C=O) groups excluding carboxylic acids is 1. The van der Waals surface area contributed by atoms with Crippen LogP contribution in [0.3, 0.4) is 0 Å². The molecular formula is C22H32N2O5. The van der Waals surface area contributed by atoms with Crippen molar-refractivity contribution in [1.82, 2.24) is 5.32 Å². The van der Waals surface area contributed by atoms with Gasteiger partial charge in [-0.2, -0.15) is 0 Å². The largest absolute Gasteiger partial charge is 0.390 e. The van der Waals surface area contributed by atoms with Crippen LogP contribution in [0.1, 0.15) is 44.4 Å². The molecule has 0 saturated carbocycles. The molecule has 0 radical (unpaired) electrons. The Kier molecular flexibility index (Phi) is 7.96. The number of aliphatic hydroxyl groups is 2. The maximum absolute atomic E-state index is 12.1. The van der Waals surface area contributed by atoms with Crippen LogP contribution in [0, 0.1) is 5.41 Å². The molecule has 7 nitrogen and oxygen atoms in total. The third-order valence-corrected chi connectivity index (χ3v) is 4.75. The highest BCUT2D eigenvalue weighted by molar-refractivity contribution is 5.93. The van der Waals surface area contributed by atoms with Gasteiger partial charge in [0.25, 0.3) is 5.91 Å². The number of rotatable bonds is 9. The molecule has 2 rings (SSSR count). The predicted molar refractivity (Wildman–Crippen MR) is 112 cm³/mol. The molecule has 0 unspecified atom stereocenters. The van der Waals surface area contributed by atoms with Gasteiger partial charge >= 0.3 is 0 Å². The van der Waals surface area contributed by atoms with E-state index in [2.05, 4.69) is 34.8 Å². The molecule has 1 amide bonds. The molecule has 160 valence electrons. The van der Waals surface area contributed by atoms with Crippen LogP contribution in [-0.2, 0) is 27.3 Å². The monoisotopic (exact) mass is 404 g/mol. The average molecular weight is 405 g/mol. The first-order valence-electron chi connectivity index (χ1n) is 9.77. The summed E-state index contributed by atoms with van der Waals surface area (Å²) in [5.74, 6) is -0.333. The molecule has 1 aliphatic rings. The molecule has 3 N–H and O–H groups in total. The molecule has 7 heteroatoms. The topological polar surface area (TPSA) is 100 Å². The fraction of sp³-hybridized carbons (Fsp3) is 0.545. The molecule has 3 atom stereocenters. The Balaban J connectivity index is 1.94. The van der Waals surface area contributed by atoms with Crippen LogP contribution in [0.25, 0.3) is 6.08 Å². The minimum absolute atomic E-state index is 0.146. The lowest BCUT2D eigenvalue weighted by Crippen LogP contribution is -2.46. The van der Waals surface area contributed by atoms with Crippen molar-refractivity contribution < 1.29 is 24.6 Å². The Morgan fingerprint density at radius 3 is 2.66 bits per heavy atom. The van der Waals surface area contributed by atoms with Gasteiger partial charge in [-0.15, -0.1) is 0 Å². The molecule has 1 aromatic rings. The van der Waals surface area contributed by atoms with E-state index >= 15 is 0 Å². The van der Waals surface area contributed by atoms with Crippen molar-refractivity contribution in [2.45, 2.75) is 59.0 Å². The second kappa shape index (κ2) is 10.0. The number of hydrogen-bond acceptors (Lipinski definition) is 6. The quantitative estimate of drug-likeness (QED) is 0.432. The van der Waals surface area contributed by atoms with Crippen LogP contribution in [0.5, 0.6) is 0 Å². The lowest BCUT2D eigenvalue weighted by Gasteiger charge is -2.32. The van der Waals surface area contributed by atoms with Crippen molar-refractivity contribution in [2.75, 3.05) is 13.7 Å². The lowest BCUT2D eigenvalue weighted by molar-refractivity contribution is -0.125. The number of benzene rings is 1. The van der Waals surface area contributed by atoms with Crippen molar-refractivity contribution in [3.05, 3.63) is 41.0 Å².